The Morgan fingerprint density at radius 2 is 1.69 bits per heavy atom. The number of alkyl halides is 3. The van der Waals surface area contributed by atoms with E-state index in [1.165, 1.54) is 6.07 Å². The van der Waals surface area contributed by atoms with E-state index in [2.05, 4.69) is 6.58 Å². The zero-order valence-electron chi connectivity index (χ0n) is 13.7. The van der Waals surface area contributed by atoms with Gasteiger partial charge in [0.2, 0.25) is 0 Å². The van der Waals surface area contributed by atoms with Crippen molar-refractivity contribution < 1.29 is 22.0 Å². The maximum atomic E-state index is 14.8. The highest BCUT2D eigenvalue weighted by Crippen LogP contribution is 2.35. The van der Waals surface area contributed by atoms with Crippen LogP contribution < -0.4 is 0 Å². The predicted molar refractivity (Wildman–Crippen MR) is 92.8 cm³/mol. The molecule has 0 aromatic heterocycles. The molecule has 3 aromatic rings. The maximum Gasteiger partial charge on any atom is 0.419 e. The fourth-order valence-electron chi connectivity index (χ4n) is 2.90. The largest absolute Gasteiger partial charge is 0.419 e. The molecule has 0 atom stereocenters. The van der Waals surface area contributed by atoms with E-state index in [0.29, 0.717) is 22.9 Å². The SMILES string of the molecule is C=CCCc1ccc2c(F)c(-c3ccc(C(F)(F)F)c(F)c3)ccc2c1. The standard InChI is InChI=1S/C21H15F5/c1-2-3-4-13-5-8-16-14(11-13)6-9-17(20(16)23)15-7-10-18(19(22)12-15)21(24,25)26/h2,5-12H,1,3-4H2. The fourth-order valence-corrected chi connectivity index (χ4v) is 2.90. The molecule has 134 valence electrons. The Morgan fingerprint density at radius 3 is 2.35 bits per heavy atom. The van der Waals surface area contributed by atoms with Crippen LogP contribution in [0.3, 0.4) is 0 Å². The van der Waals surface area contributed by atoms with Crippen molar-refractivity contribution in [3.8, 4) is 11.1 Å². The van der Waals surface area contributed by atoms with E-state index in [1.54, 1.807) is 24.3 Å². The lowest BCUT2D eigenvalue weighted by Crippen LogP contribution is -2.07. The molecule has 0 aliphatic carbocycles. The van der Waals surface area contributed by atoms with Crippen LogP contribution in [-0.4, -0.2) is 0 Å². The van der Waals surface area contributed by atoms with Crippen molar-refractivity contribution in [3.05, 3.63) is 83.9 Å². The van der Waals surface area contributed by atoms with Crippen LogP contribution in [0, 0.1) is 11.6 Å². The molecule has 0 saturated heterocycles. The lowest BCUT2D eigenvalue weighted by Gasteiger charge is -2.11. The van der Waals surface area contributed by atoms with Crippen LogP contribution in [0.4, 0.5) is 22.0 Å². The van der Waals surface area contributed by atoms with Crippen molar-refractivity contribution in [2.75, 3.05) is 0 Å². The molecule has 3 rings (SSSR count). The Morgan fingerprint density at radius 1 is 0.923 bits per heavy atom. The number of rotatable bonds is 4. The number of halogens is 5. The number of fused-ring (bicyclic) bond motifs is 1. The fraction of sp³-hybridized carbons (Fsp3) is 0.143. The molecule has 26 heavy (non-hydrogen) atoms. The molecule has 0 nitrogen and oxygen atoms in total. The van der Waals surface area contributed by atoms with Gasteiger partial charge in [0.25, 0.3) is 0 Å². The van der Waals surface area contributed by atoms with Crippen LogP contribution in [-0.2, 0) is 12.6 Å². The van der Waals surface area contributed by atoms with Crippen LogP contribution in [0.1, 0.15) is 17.5 Å². The molecule has 0 bridgehead atoms. The smallest absolute Gasteiger partial charge is 0.206 e. The topological polar surface area (TPSA) is 0 Å². The van der Waals surface area contributed by atoms with E-state index in [9.17, 15) is 22.0 Å². The number of hydrogen-bond acceptors (Lipinski definition) is 0. The third-order valence-corrected chi connectivity index (χ3v) is 4.24. The highest BCUT2D eigenvalue weighted by molar-refractivity contribution is 5.88. The Bertz CT molecular complexity index is 970. The van der Waals surface area contributed by atoms with E-state index >= 15 is 0 Å². The molecular weight excluding hydrogens is 347 g/mol. The minimum absolute atomic E-state index is 0.0592. The molecule has 5 heteroatoms. The second kappa shape index (κ2) is 6.90. The Labute approximate surface area is 147 Å². The highest BCUT2D eigenvalue weighted by atomic mass is 19.4. The summed E-state index contributed by atoms with van der Waals surface area (Å²) >= 11 is 0. The van der Waals surface area contributed by atoms with Crippen molar-refractivity contribution in [2.45, 2.75) is 19.0 Å². The first-order valence-electron chi connectivity index (χ1n) is 8.00. The molecule has 0 heterocycles. The van der Waals surface area contributed by atoms with E-state index in [4.69, 9.17) is 0 Å². The minimum Gasteiger partial charge on any atom is -0.206 e. The minimum atomic E-state index is -4.79. The van der Waals surface area contributed by atoms with Gasteiger partial charge in [-0.25, -0.2) is 8.78 Å². The van der Waals surface area contributed by atoms with Gasteiger partial charge in [0, 0.05) is 10.9 Å². The van der Waals surface area contributed by atoms with Crippen molar-refractivity contribution in [3.63, 3.8) is 0 Å². The van der Waals surface area contributed by atoms with Crippen LogP contribution in [0.5, 0.6) is 0 Å². The quantitative estimate of drug-likeness (QED) is 0.349. The summed E-state index contributed by atoms with van der Waals surface area (Å²) in [6.45, 7) is 3.66. The van der Waals surface area contributed by atoms with E-state index in [0.717, 1.165) is 24.5 Å². The maximum absolute atomic E-state index is 14.8. The van der Waals surface area contributed by atoms with Gasteiger partial charge in [-0.15, -0.1) is 6.58 Å². The van der Waals surface area contributed by atoms with Crippen molar-refractivity contribution in [2.24, 2.45) is 0 Å². The van der Waals surface area contributed by atoms with Gasteiger partial charge in [-0.1, -0.05) is 42.5 Å². The summed E-state index contributed by atoms with van der Waals surface area (Å²) in [7, 11) is 0. The van der Waals surface area contributed by atoms with Gasteiger partial charge in [-0.05, 0) is 41.5 Å². The predicted octanol–water partition coefficient (Wildman–Crippen LogP) is 6.92. The zero-order valence-corrected chi connectivity index (χ0v) is 13.7. The van der Waals surface area contributed by atoms with Crippen molar-refractivity contribution in [1.29, 1.82) is 0 Å². The van der Waals surface area contributed by atoms with E-state index in [1.807, 2.05) is 6.07 Å². The number of hydrogen-bond donors (Lipinski definition) is 0. The third-order valence-electron chi connectivity index (χ3n) is 4.24. The summed E-state index contributed by atoms with van der Waals surface area (Å²) in [6.07, 6.45) is -1.40. The average Bonchev–Trinajstić information content (AvgIpc) is 2.59. The lowest BCUT2D eigenvalue weighted by molar-refractivity contribution is -0.139. The average molecular weight is 362 g/mol. The van der Waals surface area contributed by atoms with Gasteiger partial charge in [0.1, 0.15) is 11.6 Å². The number of aryl methyl sites for hydroxylation is 1. The third kappa shape index (κ3) is 3.47. The van der Waals surface area contributed by atoms with Crippen LogP contribution >= 0.6 is 0 Å². The van der Waals surface area contributed by atoms with Gasteiger partial charge in [0.15, 0.2) is 0 Å². The monoisotopic (exact) mass is 362 g/mol. The molecule has 0 aliphatic rings. The summed E-state index contributed by atoms with van der Waals surface area (Å²) in [6, 6.07) is 10.8. The van der Waals surface area contributed by atoms with Crippen molar-refractivity contribution >= 4 is 10.8 Å². The normalized spacial score (nSPS) is 11.7. The molecule has 0 radical (unpaired) electrons. The second-order valence-electron chi connectivity index (χ2n) is 6.00. The molecular formula is C21H15F5. The molecule has 3 aromatic carbocycles. The first-order chi connectivity index (χ1) is 12.3. The first kappa shape index (κ1) is 18.1. The highest BCUT2D eigenvalue weighted by Gasteiger charge is 2.34. The number of benzene rings is 3. The van der Waals surface area contributed by atoms with Crippen LogP contribution in [0.2, 0.25) is 0 Å². The Balaban J connectivity index is 2.05. The molecule has 0 aliphatic heterocycles. The van der Waals surface area contributed by atoms with E-state index < -0.39 is 23.4 Å². The van der Waals surface area contributed by atoms with Gasteiger partial charge in [0.05, 0.1) is 5.56 Å². The summed E-state index contributed by atoms with van der Waals surface area (Å²) in [5, 5.41) is 1.02. The Kier molecular flexibility index (Phi) is 4.81. The van der Waals surface area contributed by atoms with Gasteiger partial charge < -0.3 is 0 Å². The second-order valence-corrected chi connectivity index (χ2v) is 6.00. The summed E-state index contributed by atoms with van der Waals surface area (Å²) < 4.78 is 66.7. The van der Waals surface area contributed by atoms with Gasteiger partial charge in [-0.3, -0.25) is 0 Å². The molecule has 0 unspecified atom stereocenters. The molecule has 0 saturated carbocycles. The van der Waals surface area contributed by atoms with Crippen LogP contribution in [0.25, 0.3) is 21.9 Å². The summed E-state index contributed by atoms with van der Waals surface area (Å²) in [5.74, 6) is -2.01. The van der Waals surface area contributed by atoms with Gasteiger partial charge in [-0.2, -0.15) is 13.2 Å². The first-order valence-corrected chi connectivity index (χ1v) is 8.00. The molecule has 0 fully saturated rings. The molecule has 0 spiro atoms. The van der Waals surface area contributed by atoms with E-state index in [-0.39, 0.29) is 11.1 Å². The molecule has 0 N–H and O–H groups in total. The summed E-state index contributed by atoms with van der Waals surface area (Å²) in [4.78, 5) is 0. The van der Waals surface area contributed by atoms with Crippen LogP contribution in [0.15, 0.2) is 61.2 Å². The zero-order chi connectivity index (χ0) is 18.9. The number of allylic oxidation sites excluding steroid dienone is 1. The van der Waals surface area contributed by atoms with Gasteiger partial charge >= 0.3 is 6.18 Å². The summed E-state index contributed by atoms with van der Waals surface area (Å²) in [5.41, 5.74) is -0.214. The molecule has 0 amide bonds. The lowest BCUT2D eigenvalue weighted by atomic mass is 9.97. The van der Waals surface area contributed by atoms with Crippen molar-refractivity contribution in [1.82, 2.24) is 0 Å². The Hall–Kier alpha value is -2.69.